The van der Waals surface area contributed by atoms with Crippen molar-refractivity contribution in [1.82, 2.24) is 4.73 Å². The molecule has 106 valence electrons. The minimum atomic E-state index is -0.433. The summed E-state index contributed by atoms with van der Waals surface area (Å²) in [6, 6.07) is 14.6. The topological polar surface area (TPSA) is 48.3 Å². The van der Waals surface area contributed by atoms with E-state index >= 15 is 0 Å². The zero-order valence-corrected chi connectivity index (χ0v) is 13.2. The van der Waals surface area contributed by atoms with Gasteiger partial charge < -0.3 is 4.84 Å². The highest BCUT2D eigenvalue weighted by Crippen LogP contribution is 2.18. The molecule has 0 unspecified atom stereocenters. The molecule has 3 aromatic rings. The molecule has 3 rings (SSSR count). The lowest BCUT2D eigenvalue weighted by Crippen LogP contribution is -2.36. The second-order valence-electron chi connectivity index (χ2n) is 4.37. The van der Waals surface area contributed by atoms with Gasteiger partial charge in [-0.1, -0.05) is 62.3 Å². The van der Waals surface area contributed by atoms with Crippen LogP contribution in [0.1, 0.15) is 5.56 Å². The molecule has 4 nitrogen and oxygen atoms in total. The molecule has 0 amide bonds. The Hall–Kier alpha value is -1.92. The molecule has 1 heterocycles. The maximum atomic E-state index is 12.3. The minimum absolute atomic E-state index is 0.171. The lowest BCUT2D eigenvalue weighted by Gasteiger charge is -2.07. The molecular weight excluding hydrogens is 354 g/mol. The normalized spacial score (nSPS) is 10.7. The van der Waals surface area contributed by atoms with E-state index in [-0.39, 0.29) is 6.61 Å². The Morgan fingerprint density at radius 2 is 1.86 bits per heavy atom. The summed E-state index contributed by atoms with van der Waals surface area (Å²) >= 11 is 4.31. The fourth-order valence-corrected chi connectivity index (χ4v) is 3.28. The molecule has 0 fully saturated rings. The Morgan fingerprint density at radius 3 is 2.62 bits per heavy atom. The van der Waals surface area contributed by atoms with Crippen molar-refractivity contribution in [2.75, 3.05) is 0 Å². The van der Waals surface area contributed by atoms with E-state index in [4.69, 9.17) is 4.84 Å². The van der Waals surface area contributed by atoms with Crippen LogP contribution in [-0.4, -0.2) is 4.73 Å². The fourth-order valence-electron chi connectivity index (χ4n) is 1.91. The fraction of sp³-hybridized carbons (Fsp3) is 0.0667. The van der Waals surface area contributed by atoms with Gasteiger partial charge in [0.25, 0.3) is 5.56 Å². The largest absolute Gasteiger partial charge is 0.402 e. The van der Waals surface area contributed by atoms with Crippen molar-refractivity contribution in [3.63, 3.8) is 0 Å². The van der Waals surface area contributed by atoms with E-state index in [0.29, 0.717) is 10.1 Å². The summed E-state index contributed by atoms with van der Waals surface area (Å²) in [5.41, 5.74) is 0.460. The average molecular weight is 364 g/mol. The third-order valence-electron chi connectivity index (χ3n) is 2.92. The zero-order chi connectivity index (χ0) is 14.8. The minimum Gasteiger partial charge on any atom is -0.402 e. The molecule has 0 aliphatic heterocycles. The summed E-state index contributed by atoms with van der Waals surface area (Å²) in [7, 11) is 0. The predicted molar refractivity (Wildman–Crippen MR) is 86.8 cm³/mol. The van der Waals surface area contributed by atoms with Gasteiger partial charge in [-0.25, -0.2) is 0 Å². The van der Waals surface area contributed by atoms with E-state index in [0.717, 1.165) is 26.1 Å². The van der Waals surface area contributed by atoms with Gasteiger partial charge in [-0.3, -0.25) is 9.59 Å². The molecule has 0 spiro atoms. The smallest absolute Gasteiger partial charge is 0.343 e. The lowest BCUT2D eigenvalue weighted by atomic mass is 10.2. The summed E-state index contributed by atoms with van der Waals surface area (Å²) in [6.45, 7) is 0.171. The number of hydrogen-bond donors (Lipinski definition) is 0. The first kappa shape index (κ1) is 14.0. The first-order valence-electron chi connectivity index (χ1n) is 6.18. The Balaban J connectivity index is 2.01. The van der Waals surface area contributed by atoms with Crippen molar-refractivity contribution in [1.29, 1.82) is 0 Å². The lowest BCUT2D eigenvalue weighted by molar-refractivity contribution is 0.0859. The standard InChI is InChI=1S/C15H10BrNO3S/c16-11-6-7-12-13(8-11)21-15(19)17(14(12)18)20-9-10-4-2-1-3-5-10/h1-8H,9H2. The maximum Gasteiger partial charge on any atom is 0.343 e. The summed E-state index contributed by atoms with van der Waals surface area (Å²) in [4.78, 5) is 29.3. The summed E-state index contributed by atoms with van der Waals surface area (Å²) in [6.07, 6.45) is 0. The Bertz CT molecular complexity index is 902. The van der Waals surface area contributed by atoms with E-state index in [1.165, 1.54) is 0 Å². The highest BCUT2D eigenvalue weighted by Gasteiger charge is 2.09. The van der Waals surface area contributed by atoms with Crippen LogP contribution in [0.3, 0.4) is 0 Å². The second kappa shape index (κ2) is 5.83. The zero-order valence-electron chi connectivity index (χ0n) is 10.8. The van der Waals surface area contributed by atoms with Crippen LogP contribution in [0.2, 0.25) is 0 Å². The van der Waals surface area contributed by atoms with Gasteiger partial charge in [0.1, 0.15) is 6.61 Å². The number of halogens is 1. The maximum absolute atomic E-state index is 12.3. The van der Waals surface area contributed by atoms with E-state index in [9.17, 15) is 9.59 Å². The van der Waals surface area contributed by atoms with Crippen molar-refractivity contribution in [2.24, 2.45) is 0 Å². The highest BCUT2D eigenvalue weighted by molar-refractivity contribution is 9.10. The van der Waals surface area contributed by atoms with Crippen molar-refractivity contribution in [3.8, 4) is 0 Å². The first-order valence-corrected chi connectivity index (χ1v) is 7.79. The van der Waals surface area contributed by atoms with Crippen LogP contribution in [-0.2, 0) is 6.61 Å². The quantitative estimate of drug-likeness (QED) is 0.718. The van der Waals surface area contributed by atoms with Gasteiger partial charge in [-0.2, -0.15) is 0 Å². The molecule has 6 heteroatoms. The molecule has 1 aromatic heterocycles. The SMILES string of the molecule is O=c1sc2cc(Br)ccc2c(=O)n1OCc1ccccc1. The number of fused-ring (bicyclic) bond motifs is 1. The van der Waals surface area contributed by atoms with Crippen molar-refractivity contribution in [3.05, 3.63) is 78.6 Å². The molecular formula is C15H10BrNO3S. The average Bonchev–Trinajstić information content (AvgIpc) is 2.47. The van der Waals surface area contributed by atoms with Crippen LogP contribution in [0.15, 0.2) is 62.6 Å². The molecule has 0 saturated carbocycles. The molecule has 0 aliphatic rings. The molecule has 0 bridgehead atoms. The van der Waals surface area contributed by atoms with Gasteiger partial charge in [0.2, 0.25) is 0 Å². The van der Waals surface area contributed by atoms with E-state index in [2.05, 4.69) is 15.9 Å². The van der Waals surface area contributed by atoms with E-state index < -0.39 is 10.4 Å². The van der Waals surface area contributed by atoms with E-state index in [1.54, 1.807) is 18.2 Å². The van der Waals surface area contributed by atoms with Crippen molar-refractivity contribution in [2.45, 2.75) is 6.61 Å². The van der Waals surface area contributed by atoms with Crippen LogP contribution < -0.4 is 15.3 Å². The summed E-state index contributed by atoms with van der Waals surface area (Å²) in [5, 5.41) is 0.468. The summed E-state index contributed by atoms with van der Waals surface area (Å²) in [5.74, 6) is 0. The van der Waals surface area contributed by atoms with Crippen LogP contribution in [0.25, 0.3) is 10.1 Å². The van der Waals surface area contributed by atoms with Gasteiger partial charge in [0.15, 0.2) is 0 Å². The van der Waals surface area contributed by atoms with Gasteiger partial charge in [0, 0.05) is 9.17 Å². The van der Waals surface area contributed by atoms with Gasteiger partial charge in [-0.05, 0) is 23.8 Å². The third kappa shape index (κ3) is 2.91. The number of hydrogen-bond acceptors (Lipinski definition) is 4. The van der Waals surface area contributed by atoms with Crippen molar-refractivity contribution >= 4 is 37.4 Å². The third-order valence-corrected chi connectivity index (χ3v) is 4.32. The summed E-state index contributed by atoms with van der Waals surface area (Å²) < 4.78 is 2.29. The highest BCUT2D eigenvalue weighted by atomic mass is 79.9. The van der Waals surface area contributed by atoms with Gasteiger partial charge in [0.05, 0.1) is 5.39 Å². The van der Waals surface area contributed by atoms with E-state index in [1.807, 2.05) is 30.3 Å². The first-order chi connectivity index (χ1) is 10.1. The second-order valence-corrected chi connectivity index (χ2v) is 6.28. The monoisotopic (exact) mass is 363 g/mol. The molecule has 21 heavy (non-hydrogen) atoms. The molecule has 0 atom stereocenters. The predicted octanol–water partition coefficient (Wildman–Crippen LogP) is 2.81. The van der Waals surface area contributed by atoms with Gasteiger partial charge in [-0.15, -0.1) is 0 Å². The van der Waals surface area contributed by atoms with Crippen molar-refractivity contribution < 1.29 is 4.84 Å². The van der Waals surface area contributed by atoms with Crippen LogP contribution in [0, 0.1) is 0 Å². The molecule has 0 N–H and O–H groups in total. The Kier molecular flexibility index (Phi) is 3.90. The van der Waals surface area contributed by atoms with Crippen LogP contribution in [0.4, 0.5) is 0 Å². The Morgan fingerprint density at radius 1 is 1.10 bits per heavy atom. The molecule has 2 aromatic carbocycles. The van der Waals surface area contributed by atoms with Gasteiger partial charge >= 0.3 is 4.87 Å². The molecule has 0 aliphatic carbocycles. The van der Waals surface area contributed by atoms with Crippen LogP contribution >= 0.6 is 27.3 Å². The number of rotatable bonds is 3. The Labute approximate surface area is 132 Å². The number of benzene rings is 2. The molecule has 0 saturated heterocycles. The number of nitrogens with zero attached hydrogens (tertiary/aromatic N) is 1. The number of aromatic nitrogens is 1. The van der Waals surface area contributed by atoms with Crippen LogP contribution in [0.5, 0.6) is 0 Å². The molecule has 0 radical (unpaired) electrons.